The molecular formula is C27H27NO3. The number of piperidine rings is 1. The number of methoxy groups -OCH3 is 1. The first-order valence-electron chi connectivity index (χ1n) is 11.0. The van der Waals surface area contributed by atoms with Gasteiger partial charge in [0.25, 0.3) is 0 Å². The summed E-state index contributed by atoms with van der Waals surface area (Å²) in [5.74, 6) is 0.411. The standard InChI is InChI=1S/C27H27NO3/c1-30-25-16-8-7-15-24(25)27(23-14-6-4-12-21(23)26(29)31-27)22-13-5-3-11-20(22)19-28-17-9-2-10-18-28/h3-8,11-16H,2,9-10,17-19H2,1H3. The molecule has 5 rings (SSSR count). The fraction of sp³-hybridized carbons (Fsp3) is 0.296. The van der Waals surface area contributed by atoms with E-state index in [1.807, 2.05) is 54.6 Å². The third-order valence-electron chi connectivity index (χ3n) is 6.50. The van der Waals surface area contributed by atoms with Crippen molar-refractivity contribution in [3.8, 4) is 5.75 Å². The molecule has 0 N–H and O–H groups in total. The van der Waals surface area contributed by atoms with Crippen LogP contribution in [0, 0.1) is 0 Å². The van der Waals surface area contributed by atoms with Crippen molar-refractivity contribution in [2.24, 2.45) is 0 Å². The van der Waals surface area contributed by atoms with Crippen molar-refractivity contribution in [1.82, 2.24) is 4.90 Å². The van der Waals surface area contributed by atoms with Crippen molar-refractivity contribution in [2.75, 3.05) is 20.2 Å². The van der Waals surface area contributed by atoms with Gasteiger partial charge in [0.1, 0.15) is 5.75 Å². The summed E-state index contributed by atoms with van der Waals surface area (Å²) < 4.78 is 12.1. The number of para-hydroxylation sites is 1. The van der Waals surface area contributed by atoms with Crippen LogP contribution in [0.5, 0.6) is 5.75 Å². The van der Waals surface area contributed by atoms with E-state index in [4.69, 9.17) is 9.47 Å². The second-order valence-electron chi connectivity index (χ2n) is 8.31. The number of rotatable bonds is 5. The molecule has 0 aromatic heterocycles. The van der Waals surface area contributed by atoms with E-state index in [0.29, 0.717) is 11.3 Å². The van der Waals surface area contributed by atoms with Crippen LogP contribution in [0.1, 0.15) is 51.9 Å². The van der Waals surface area contributed by atoms with Gasteiger partial charge in [0, 0.05) is 23.2 Å². The first-order chi connectivity index (χ1) is 15.2. The average Bonchev–Trinajstić information content (AvgIpc) is 3.13. The van der Waals surface area contributed by atoms with E-state index in [0.717, 1.165) is 36.3 Å². The lowest BCUT2D eigenvalue weighted by Gasteiger charge is -2.34. The summed E-state index contributed by atoms with van der Waals surface area (Å²) in [6.07, 6.45) is 3.77. The zero-order chi connectivity index (χ0) is 21.3. The molecule has 2 aliphatic rings. The highest BCUT2D eigenvalue weighted by molar-refractivity contribution is 5.96. The third-order valence-corrected chi connectivity index (χ3v) is 6.50. The summed E-state index contributed by atoms with van der Waals surface area (Å²) in [6.45, 7) is 3.05. The van der Waals surface area contributed by atoms with Gasteiger partial charge in [0.2, 0.25) is 0 Å². The van der Waals surface area contributed by atoms with E-state index >= 15 is 0 Å². The quantitative estimate of drug-likeness (QED) is 0.543. The number of cyclic esters (lactones) is 1. The van der Waals surface area contributed by atoms with Crippen LogP contribution in [0.2, 0.25) is 0 Å². The normalized spacial score (nSPS) is 20.9. The van der Waals surface area contributed by atoms with Gasteiger partial charge in [-0.3, -0.25) is 4.90 Å². The van der Waals surface area contributed by atoms with Crippen molar-refractivity contribution in [3.63, 3.8) is 0 Å². The number of nitrogens with zero attached hydrogens (tertiary/aromatic N) is 1. The van der Waals surface area contributed by atoms with Crippen molar-refractivity contribution in [3.05, 3.63) is 101 Å². The summed E-state index contributed by atoms with van der Waals surface area (Å²) in [6, 6.07) is 23.9. The second kappa shape index (κ2) is 8.20. The smallest absolute Gasteiger partial charge is 0.340 e. The van der Waals surface area contributed by atoms with Crippen molar-refractivity contribution >= 4 is 5.97 Å². The molecule has 3 aromatic rings. The Morgan fingerprint density at radius 2 is 1.48 bits per heavy atom. The lowest BCUT2D eigenvalue weighted by molar-refractivity contribution is 0.0240. The Bertz CT molecular complexity index is 1100. The van der Waals surface area contributed by atoms with Gasteiger partial charge >= 0.3 is 5.97 Å². The molecule has 1 saturated heterocycles. The number of esters is 1. The molecule has 1 atom stereocenters. The minimum absolute atomic E-state index is 0.297. The minimum atomic E-state index is -1.04. The first kappa shape index (κ1) is 19.8. The second-order valence-corrected chi connectivity index (χ2v) is 8.31. The largest absolute Gasteiger partial charge is 0.496 e. The van der Waals surface area contributed by atoms with Crippen LogP contribution >= 0.6 is 0 Å². The van der Waals surface area contributed by atoms with E-state index in [1.54, 1.807) is 7.11 Å². The highest BCUT2D eigenvalue weighted by Crippen LogP contribution is 2.50. The van der Waals surface area contributed by atoms with Gasteiger partial charge in [-0.2, -0.15) is 0 Å². The number of benzene rings is 3. The van der Waals surface area contributed by atoms with Crippen LogP contribution in [0.4, 0.5) is 0 Å². The van der Waals surface area contributed by atoms with Crippen LogP contribution in [0.25, 0.3) is 0 Å². The van der Waals surface area contributed by atoms with E-state index in [2.05, 4.69) is 23.1 Å². The van der Waals surface area contributed by atoms with Crippen LogP contribution in [-0.4, -0.2) is 31.1 Å². The predicted molar refractivity (Wildman–Crippen MR) is 120 cm³/mol. The number of fused-ring (bicyclic) bond motifs is 1. The molecule has 4 heteroatoms. The Hall–Kier alpha value is -3.11. The Kier molecular flexibility index (Phi) is 5.24. The monoisotopic (exact) mass is 413 g/mol. The Labute approximate surface area is 183 Å². The van der Waals surface area contributed by atoms with Crippen LogP contribution in [0.3, 0.4) is 0 Å². The molecule has 158 valence electrons. The Morgan fingerprint density at radius 3 is 2.26 bits per heavy atom. The number of carbonyl (C=O) groups is 1. The van der Waals surface area contributed by atoms with E-state index in [-0.39, 0.29) is 5.97 Å². The number of likely N-dealkylation sites (tertiary alicyclic amines) is 1. The highest BCUT2D eigenvalue weighted by atomic mass is 16.6. The SMILES string of the molecule is COc1ccccc1C1(c2ccccc2CN2CCCCC2)OC(=O)c2ccccc21. The molecule has 1 unspecified atom stereocenters. The predicted octanol–water partition coefficient (Wildman–Crippen LogP) is 5.14. The molecule has 0 amide bonds. The number of hydrogen-bond donors (Lipinski definition) is 0. The van der Waals surface area contributed by atoms with Crippen molar-refractivity contribution < 1.29 is 14.3 Å². The van der Waals surface area contributed by atoms with Gasteiger partial charge in [0.05, 0.1) is 12.7 Å². The number of carbonyl (C=O) groups excluding carboxylic acids is 1. The van der Waals surface area contributed by atoms with E-state index < -0.39 is 5.60 Å². The molecule has 1 fully saturated rings. The molecule has 0 spiro atoms. The first-order valence-corrected chi connectivity index (χ1v) is 11.0. The molecule has 3 aromatic carbocycles. The Balaban J connectivity index is 1.74. The molecular weight excluding hydrogens is 386 g/mol. The maximum atomic E-state index is 13.1. The maximum Gasteiger partial charge on any atom is 0.340 e. The summed E-state index contributed by atoms with van der Waals surface area (Å²) in [5.41, 5.74) is 3.48. The molecule has 0 bridgehead atoms. The number of hydrogen-bond acceptors (Lipinski definition) is 4. The molecule has 2 aliphatic heterocycles. The molecule has 0 saturated carbocycles. The van der Waals surface area contributed by atoms with Crippen LogP contribution < -0.4 is 4.74 Å². The Morgan fingerprint density at radius 1 is 0.839 bits per heavy atom. The van der Waals surface area contributed by atoms with E-state index in [9.17, 15) is 4.79 Å². The van der Waals surface area contributed by atoms with E-state index in [1.165, 1.54) is 24.8 Å². The van der Waals surface area contributed by atoms with Gasteiger partial charge in [-0.05, 0) is 43.6 Å². The average molecular weight is 414 g/mol. The fourth-order valence-corrected chi connectivity index (χ4v) is 5.06. The maximum absolute atomic E-state index is 13.1. The summed E-state index contributed by atoms with van der Waals surface area (Å²) in [7, 11) is 1.66. The van der Waals surface area contributed by atoms with Gasteiger partial charge in [-0.15, -0.1) is 0 Å². The zero-order valence-corrected chi connectivity index (χ0v) is 17.8. The molecule has 0 radical (unpaired) electrons. The molecule has 31 heavy (non-hydrogen) atoms. The topological polar surface area (TPSA) is 38.8 Å². The van der Waals surface area contributed by atoms with Gasteiger partial charge in [-0.1, -0.05) is 67.1 Å². The van der Waals surface area contributed by atoms with Crippen LogP contribution in [-0.2, 0) is 16.9 Å². The zero-order valence-electron chi connectivity index (χ0n) is 17.8. The van der Waals surface area contributed by atoms with Crippen LogP contribution in [0.15, 0.2) is 72.8 Å². The van der Waals surface area contributed by atoms with Crippen molar-refractivity contribution in [1.29, 1.82) is 0 Å². The highest BCUT2D eigenvalue weighted by Gasteiger charge is 2.50. The minimum Gasteiger partial charge on any atom is -0.496 e. The third kappa shape index (κ3) is 3.31. The van der Waals surface area contributed by atoms with Gasteiger partial charge in [-0.25, -0.2) is 4.79 Å². The molecule has 0 aliphatic carbocycles. The summed E-state index contributed by atoms with van der Waals surface area (Å²) >= 11 is 0. The fourth-order valence-electron chi connectivity index (χ4n) is 5.06. The summed E-state index contributed by atoms with van der Waals surface area (Å²) in [4.78, 5) is 15.6. The molecule has 2 heterocycles. The molecule has 4 nitrogen and oxygen atoms in total. The lowest BCUT2D eigenvalue weighted by atomic mass is 9.77. The lowest BCUT2D eigenvalue weighted by Crippen LogP contribution is -2.34. The summed E-state index contributed by atoms with van der Waals surface area (Å²) in [5, 5.41) is 0. The van der Waals surface area contributed by atoms with Gasteiger partial charge in [0.15, 0.2) is 5.60 Å². The van der Waals surface area contributed by atoms with Crippen molar-refractivity contribution in [2.45, 2.75) is 31.4 Å². The number of ether oxygens (including phenoxy) is 2. The van der Waals surface area contributed by atoms with Gasteiger partial charge < -0.3 is 9.47 Å².